The lowest BCUT2D eigenvalue weighted by Gasteiger charge is -2.11. The number of aromatic nitrogens is 3. The third kappa shape index (κ3) is 6.21. The molecule has 10 rings (SSSR count). The maximum Gasteiger partial charge on any atom is 0.163 e. The van der Waals surface area contributed by atoms with Crippen LogP contribution in [0.5, 0.6) is 0 Å². The Hall–Kier alpha value is -7.17. The van der Waals surface area contributed by atoms with Gasteiger partial charge < -0.3 is 4.42 Å². The van der Waals surface area contributed by atoms with Crippen LogP contribution in [0.25, 0.3) is 94.9 Å². The van der Waals surface area contributed by atoms with Crippen LogP contribution in [0.3, 0.4) is 0 Å². The van der Waals surface area contributed by atoms with E-state index in [2.05, 4.69) is 164 Å². The number of hydrogen-bond donors (Lipinski definition) is 0. The first-order valence-corrected chi connectivity index (χ1v) is 19.2. The van der Waals surface area contributed by atoms with Gasteiger partial charge in [-0.15, -0.1) is 0 Å². The molecule has 56 heavy (non-hydrogen) atoms. The molecule has 0 aliphatic heterocycles. The van der Waals surface area contributed by atoms with E-state index in [1.807, 2.05) is 18.2 Å². The summed E-state index contributed by atoms with van der Waals surface area (Å²) in [6.45, 7) is 3.97. The highest BCUT2D eigenvalue weighted by Crippen LogP contribution is 2.40. The highest BCUT2D eigenvalue weighted by molar-refractivity contribution is 6.14. The van der Waals surface area contributed by atoms with E-state index < -0.39 is 0 Å². The Balaban J connectivity index is 1.02. The molecule has 0 saturated carbocycles. The molecule has 0 N–H and O–H groups in total. The Morgan fingerprint density at radius 2 is 1.30 bits per heavy atom. The van der Waals surface area contributed by atoms with Crippen molar-refractivity contribution in [1.29, 1.82) is 0 Å². The number of allylic oxidation sites excluding steroid dienone is 5. The molecule has 2 heterocycles. The number of fused-ring (bicyclic) bond motifs is 5. The summed E-state index contributed by atoms with van der Waals surface area (Å²) < 4.78 is 6.43. The number of furan rings is 1. The molecule has 2 aromatic heterocycles. The van der Waals surface area contributed by atoms with Crippen molar-refractivity contribution in [2.75, 3.05) is 0 Å². The summed E-state index contributed by atoms with van der Waals surface area (Å²) in [7, 11) is 0. The van der Waals surface area contributed by atoms with Gasteiger partial charge in [0, 0.05) is 28.3 Å². The Labute approximate surface area is 325 Å². The zero-order chi connectivity index (χ0) is 37.4. The summed E-state index contributed by atoms with van der Waals surface area (Å²) in [6.07, 6.45) is 15.2. The average molecular weight is 720 g/mol. The van der Waals surface area contributed by atoms with Gasteiger partial charge in [-0.1, -0.05) is 152 Å². The third-order valence-corrected chi connectivity index (χ3v) is 10.8. The number of benzene rings is 7. The van der Waals surface area contributed by atoms with E-state index in [9.17, 15) is 0 Å². The molecule has 4 nitrogen and oxygen atoms in total. The van der Waals surface area contributed by atoms with Crippen molar-refractivity contribution in [2.24, 2.45) is 0 Å². The predicted molar refractivity (Wildman–Crippen MR) is 234 cm³/mol. The quantitative estimate of drug-likeness (QED) is 0.157. The summed E-state index contributed by atoms with van der Waals surface area (Å²) in [4.78, 5) is 14.9. The molecular formula is C52H37N3O. The first kappa shape index (κ1) is 33.4. The molecule has 0 amide bonds. The first-order chi connectivity index (χ1) is 27.7. The number of nitrogens with zero attached hydrogens (tertiary/aromatic N) is 3. The Kier molecular flexibility index (Phi) is 8.49. The molecule has 266 valence electrons. The molecule has 0 radical (unpaired) electrons. The standard InChI is InChI=1S/C52H37N3O/c1-2-34-13-6-7-14-35(34)18-11-24-49-53-51(37-16-4-3-5-17-37)55-52(54-49)42-28-26-38-31-40(27-25-39(38)32-42)45-22-12-23-48-50(45)46-33-41(29-30-47(46)56-48)44-21-10-19-36-15-8-9-20-43(36)44/h2,4,6-23,25-33H,1,3,5,24H2/b18-11-. The van der Waals surface area contributed by atoms with Crippen LogP contribution in [-0.4, -0.2) is 15.0 Å². The van der Waals surface area contributed by atoms with Gasteiger partial charge in [-0.3, -0.25) is 0 Å². The van der Waals surface area contributed by atoms with Crippen LogP contribution in [0.15, 0.2) is 175 Å². The zero-order valence-electron chi connectivity index (χ0n) is 30.8. The van der Waals surface area contributed by atoms with E-state index >= 15 is 0 Å². The largest absolute Gasteiger partial charge is 0.456 e. The summed E-state index contributed by atoms with van der Waals surface area (Å²) in [6, 6.07) is 49.4. The first-order valence-electron chi connectivity index (χ1n) is 19.2. The van der Waals surface area contributed by atoms with Crippen LogP contribution in [0, 0.1) is 0 Å². The highest BCUT2D eigenvalue weighted by Gasteiger charge is 2.16. The summed E-state index contributed by atoms with van der Waals surface area (Å²) in [5.74, 6) is 2.12. The minimum Gasteiger partial charge on any atom is -0.456 e. The molecule has 7 aromatic carbocycles. The van der Waals surface area contributed by atoms with Crippen LogP contribution >= 0.6 is 0 Å². The van der Waals surface area contributed by atoms with Gasteiger partial charge in [0.25, 0.3) is 0 Å². The Morgan fingerprint density at radius 1 is 0.571 bits per heavy atom. The van der Waals surface area contributed by atoms with Crippen molar-refractivity contribution in [1.82, 2.24) is 15.0 Å². The minimum absolute atomic E-state index is 0.583. The smallest absolute Gasteiger partial charge is 0.163 e. The van der Waals surface area contributed by atoms with E-state index in [1.54, 1.807) is 0 Å². The van der Waals surface area contributed by atoms with Crippen LogP contribution in [0.2, 0.25) is 0 Å². The number of hydrogen-bond acceptors (Lipinski definition) is 4. The van der Waals surface area contributed by atoms with Crippen LogP contribution in [-0.2, 0) is 6.42 Å². The van der Waals surface area contributed by atoms with Gasteiger partial charge >= 0.3 is 0 Å². The van der Waals surface area contributed by atoms with Gasteiger partial charge in [0.05, 0.1) is 0 Å². The second-order valence-electron chi connectivity index (χ2n) is 14.3. The monoisotopic (exact) mass is 719 g/mol. The molecule has 0 fully saturated rings. The van der Waals surface area contributed by atoms with Gasteiger partial charge in [-0.25, -0.2) is 15.0 Å². The molecule has 1 aliphatic carbocycles. The molecule has 1 aliphatic rings. The lowest BCUT2D eigenvalue weighted by atomic mass is 9.94. The van der Waals surface area contributed by atoms with E-state index in [-0.39, 0.29) is 0 Å². The van der Waals surface area contributed by atoms with Crippen LogP contribution in [0.1, 0.15) is 35.6 Å². The second kappa shape index (κ2) is 14.2. The lowest BCUT2D eigenvalue weighted by Crippen LogP contribution is -2.05. The molecule has 0 saturated heterocycles. The summed E-state index contributed by atoms with van der Waals surface area (Å²) >= 11 is 0. The van der Waals surface area contributed by atoms with E-state index in [1.165, 1.54) is 21.9 Å². The second-order valence-corrected chi connectivity index (χ2v) is 14.3. The summed E-state index contributed by atoms with van der Waals surface area (Å²) in [5.41, 5.74) is 10.7. The Morgan fingerprint density at radius 3 is 2.18 bits per heavy atom. The van der Waals surface area contributed by atoms with Crippen LogP contribution in [0.4, 0.5) is 0 Å². The maximum atomic E-state index is 6.43. The third-order valence-electron chi connectivity index (χ3n) is 10.8. The van der Waals surface area contributed by atoms with Crippen molar-refractivity contribution in [3.8, 4) is 33.6 Å². The zero-order valence-corrected chi connectivity index (χ0v) is 30.8. The van der Waals surface area contributed by atoms with E-state index in [4.69, 9.17) is 19.4 Å². The fourth-order valence-corrected chi connectivity index (χ4v) is 7.95. The van der Waals surface area contributed by atoms with E-state index in [0.717, 1.165) is 84.8 Å². The SMILES string of the molecule is C=Cc1ccccc1/C=C\Cc1nc(C2=CCCC=C2)nc(-c2ccc3cc(-c4cccc5oc6ccc(-c7cccc8ccccc78)cc6c45)ccc3c2)n1. The molecule has 0 unspecified atom stereocenters. The van der Waals surface area contributed by atoms with Crippen LogP contribution < -0.4 is 0 Å². The topological polar surface area (TPSA) is 51.8 Å². The van der Waals surface area contributed by atoms with Crippen molar-refractivity contribution in [3.63, 3.8) is 0 Å². The van der Waals surface area contributed by atoms with Crippen molar-refractivity contribution >= 4 is 61.2 Å². The molecule has 0 spiro atoms. The fraction of sp³-hybridized carbons (Fsp3) is 0.0577. The van der Waals surface area contributed by atoms with Crippen molar-refractivity contribution in [2.45, 2.75) is 19.3 Å². The van der Waals surface area contributed by atoms with Gasteiger partial charge in [0.1, 0.15) is 17.0 Å². The van der Waals surface area contributed by atoms with Gasteiger partial charge in [0.15, 0.2) is 11.6 Å². The summed E-state index contributed by atoms with van der Waals surface area (Å²) in [5, 5.41) is 6.97. The van der Waals surface area contributed by atoms with Crippen molar-refractivity contribution in [3.05, 3.63) is 193 Å². The van der Waals surface area contributed by atoms with Gasteiger partial charge in [-0.2, -0.15) is 0 Å². The lowest BCUT2D eigenvalue weighted by molar-refractivity contribution is 0.669. The molecule has 0 bridgehead atoms. The Bertz CT molecular complexity index is 3080. The molecule has 0 atom stereocenters. The highest BCUT2D eigenvalue weighted by atomic mass is 16.3. The fourth-order valence-electron chi connectivity index (χ4n) is 7.95. The normalized spacial score (nSPS) is 13.0. The maximum absolute atomic E-state index is 6.43. The predicted octanol–water partition coefficient (Wildman–Crippen LogP) is 13.7. The van der Waals surface area contributed by atoms with Gasteiger partial charge in [0.2, 0.25) is 0 Å². The van der Waals surface area contributed by atoms with Crippen molar-refractivity contribution < 1.29 is 4.42 Å². The van der Waals surface area contributed by atoms with Gasteiger partial charge in [-0.05, 0) is 98.1 Å². The molecule has 4 heteroatoms. The minimum atomic E-state index is 0.583. The van der Waals surface area contributed by atoms with E-state index in [0.29, 0.717) is 18.1 Å². The number of rotatable bonds is 8. The average Bonchev–Trinajstić information content (AvgIpc) is 3.64. The molecular weight excluding hydrogens is 683 g/mol. The molecule has 9 aromatic rings.